The first-order chi connectivity index (χ1) is 18.5. The number of carbonyl (C=O) groups is 1. The van der Waals surface area contributed by atoms with Crippen LogP contribution in [-0.4, -0.2) is 56.0 Å². The molecule has 0 N–H and O–H groups in total. The molecule has 1 saturated carbocycles. The van der Waals surface area contributed by atoms with Crippen molar-refractivity contribution in [2.45, 2.75) is 42.2 Å². The van der Waals surface area contributed by atoms with Crippen LogP contribution >= 0.6 is 34.8 Å². The Labute approximate surface area is 240 Å². The molecule has 0 amide bonds. The molecule has 0 unspecified atom stereocenters. The van der Waals surface area contributed by atoms with Crippen LogP contribution in [0.2, 0.25) is 15.1 Å². The molecule has 9 nitrogen and oxygen atoms in total. The minimum absolute atomic E-state index is 0.0147. The van der Waals surface area contributed by atoms with Gasteiger partial charge in [-0.1, -0.05) is 39.3 Å². The Hall–Kier alpha value is -2.70. The topological polar surface area (TPSA) is 102 Å². The largest absolute Gasteiger partial charge is 0.487 e. The van der Waals surface area contributed by atoms with E-state index in [1.54, 1.807) is 6.07 Å². The molecule has 0 aliphatic heterocycles. The molecule has 0 radical (unpaired) electrons. The van der Waals surface area contributed by atoms with Gasteiger partial charge in [-0.15, -0.1) is 0 Å². The normalized spacial score (nSPS) is 19.5. The molecule has 1 heterocycles. The molecule has 0 spiro atoms. The summed E-state index contributed by atoms with van der Waals surface area (Å²) in [5.41, 5.74) is 1.03. The van der Waals surface area contributed by atoms with Gasteiger partial charge >= 0.3 is 6.47 Å². The molecule has 3 aromatic rings. The van der Waals surface area contributed by atoms with Crippen LogP contribution in [0.4, 0.5) is 10.2 Å². The molecule has 1 fully saturated rings. The molecule has 1 aromatic heterocycles. The van der Waals surface area contributed by atoms with Crippen LogP contribution in [0.25, 0.3) is 0 Å². The number of aromatic nitrogens is 2. The summed E-state index contributed by atoms with van der Waals surface area (Å²) in [4.78, 5) is 24.2. The second kappa shape index (κ2) is 12.2. The number of nitrogens with zero attached hydrogens (tertiary/aromatic N) is 4. The summed E-state index contributed by atoms with van der Waals surface area (Å²) in [5.74, 6) is -1.29. The Morgan fingerprint density at radius 2 is 1.79 bits per heavy atom. The van der Waals surface area contributed by atoms with Crippen molar-refractivity contribution in [2.75, 3.05) is 18.6 Å². The van der Waals surface area contributed by atoms with E-state index < -0.39 is 20.7 Å². The van der Waals surface area contributed by atoms with Crippen molar-refractivity contribution in [1.29, 1.82) is 0 Å². The van der Waals surface area contributed by atoms with Gasteiger partial charge in [-0.3, -0.25) is 4.79 Å². The van der Waals surface area contributed by atoms with E-state index in [1.165, 1.54) is 12.3 Å². The number of rotatable bonds is 9. The van der Waals surface area contributed by atoms with Crippen LogP contribution < -0.4 is 9.21 Å². The maximum Gasteiger partial charge on any atom is 0.322 e. The summed E-state index contributed by atoms with van der Waals surface area (Å²) in [6.45, 7) is -0.119. The molecular formula is C25H24Cl3FN4O5S. The van der Waals surface area contributed by atoms with Gasteiger partial charge in [0.25, 0.3) is 10.0 Å². The lowest BCUT2D eigenvalue weighted by atomic mass is 9.79. The van der Waals surface area contributed by atoms with E-state index in [4.69, 9.17) is 39.5 Å². The number of likely N-dealkylation sites (N-methyl/N-ethyl adjacent to an activating group) is 1. The maximum atomic E-state index is 15.3. The first-order valence-corrected chi connectivity index (χ1v) is 14.3. The van der Waals surface area contributed by atoms with Gasteiger partial charge in [-0.2, -0.15) is 8.42 Å². The average Bonchev–Trinajstić information content (AvgIpc) is 2.89. The quantitative estimate of drug-likeness (QED) is 0.229. The van der Waals surface area contributed by atoms with Gasteiger partial charge in [-0.05, 0) is 69.1 Å². The smallest absolute Gasteiger partial charge is 0.322 e. The molecule has 1 aliphatic rings. The van der Waals surface area contributed by atoms with Gasteiger partial charge in [0.1, 0.15) is 28.9 Å². The predicted octanol–water partition coefficient (Wildman–Crippen LogP) is 5.50. The molecule has 14 heteroatoms. The van der Waals surface area contributed by atoms with Crippen LogP contribution in [0.3, 0.4) is 0 Å². The Morgan fingerprint density at radius 3 is 2.41 bits per heavy atom. The fraction of sp³-hybridized carbons (Fsp3) is 0.320. The zero-order valence-electron chi connectivity index (χ0n) is 20.8. The number of carbonyl (C=O) groups excluding carboxylic acids is 1. The van der Waals surface area contributed by atoms with Crippen molar-refractivity contribution < 1.29 is 27.2 Å². The SMILES string of the molecule is CN(C)[C@H]1C[C@@H](c2cc(Cl)cc(Cl)c2)CC[C@@H]1Oc1cc(F)c(S(=O)(=O)N(OC=O)c2ccncn2)cc1Cl. The second-order valence-electron chi connectivity index (χ2n) is 9.11. The monoisotopic (exact) mass is 616 g/mol. The van der Waals surface area contributed by atoms with Crippen LogP contribution in [-0.2, 0) is 19.7 Å². The average molecular weight is 618 g/mol. The zero-order valence-corrected chi connectivity index (χ0v) is 23.9. The number of hydrogen-bond donors (Lipinski definition) is 0. The Bertz CT molecular complexity index is 1430. The van der Waals surface area contributed by atoms with Gasteiger partial charge < -0.3 is 14.5 Å². The van der Waals surface area contributed by atoms with E-state index in [9.17, 15) is 13.2 Å². The van der Waals surface area contributed by atoms with Crippen molar-refractivity contribution in [3.8, 4) is 5.75 Å². The van der Waals surface area contributed by atoms with Crippen molar-refractivity contribution in [3.63, 3.8) is 0 Å². The molecule has 2 aromatic carbocycles. The Balaban J connectivity index is 1.59. The van der Waals surface area contributed by atoms with E-state index in [2.05, 4.69) is 14.8 Å². The maximum absolute atomic E-state index is 15.3. The van der Waals surface area contributed by atoms with Crippen molar-refractivity contribution in [3.05, 3.63) is 75.4 Å². The predicted molar refractivity (Wildman–Crippen MR) is 145 cm³/mol. The van der Waals surface area contributed by atoms with Gasteiger partial charge in [-0.25, -0.2) is 14.4 Å². The van der Waals surface area contributed by atoms with Crippen LogP contribution in [0.1, 0.15) is 30.7 Å². The highest BCUT2D eigenvalue weighted by molar-refractivity contribution is 7.92. The summed E-state index contributed by atoms with van der Waals surface area (Å²) in [6, 6.07) is 8.40. The highest BCUT2D eigenvalue weighted by Crippen LogP contribution is 2.40. The number of hydrogen-bond acceptors (Lipinski definition) is 8. The summed E-state index contributed by atoms with van der Waals surface area (Å²) in [6.07, 6.45) is 4.01. The number of sulfonamides is 1. The number of anilines is 1. The minimum Gasteiger partial charge on any atom is -0.487 e. The molecular weight excluding hydrogens is 594 g/mol. The van der Waals surface area contributed by atoms with E-state index in [-0.39, 0.29) is 45.6 Å². The van der Waals surface area contributed by atoms with E-state index in [0.717, 1.165) is 36.9 Å². The summed E-state index contributed by atoms with van der Waals surface area (Å²) in [5, 5.41) is 0.989. The fourth-order valence-corrected chi connectivity index (χ4v) is 6.70. The Kier molecular flexibility index (Phi) is 9.18. The van der Waals surface area contributed by atoms with Gasteiger partial charge in [0, 0.05) is 34.4 Å². The number of benzene rings is 2. The second-order valence-corrected chi connectivity index (χ2v) is 12.1. The van der Waals surface area contributed by atoms with Gasteiger partial charge in [0.05, 0.1) is 5.02 Å². The lowest BCUT2D eigenvalue weighted by Gasteiger charge is -2.40. The van der Waals surface area contributed by atoms with Crippen LogP contribution in [0.15, 0.2) is 53.8 Å². The molecule has 4 rings (SSSR count). The summed E-state index contributed by atoms with van der Waals surface area (Å²) in [7, 11) is -0.908. The third-order valence-electron chi connectivity index (χ3n) is 6.43. The van der Waals surface area contributed by atoms with Crippen molar-refractivity contribution in [2.24, 2.45) is 0 Å². The molecule has 1 aliphatic carbocycles. The van der Waals surface area contributed by atoms with Gasteiger partial charge in [0.15, 0.2) is 5.82 Å². The number of halogens is 4. The van der Waals surface area contributed by atoms with E-state index in [1.807, 2.05) is 31.1 Å². The first-order valence-electron chi connectivity index (χ1n) is 11.7. The first kappa shape index (κ1) is 29.3. The molecule has 0 bridgehead atoms. The highest BCUT2D eigenvalue weighted by Gasteiger charge is 2.36. The third kappa shape index (κ3) is 6.55. The van der Waals surface area contributed by atoms with Crippen LogP contribution in [0.5, 0.6) is 5.75 Å². The molecule has 39 heavy (non-hydrogen) atoms. The summed E-state index contributed by atoms with van der Waals surface area (Å²) < 4.78 is 47.9. The van der Waals surface area contributed by atoms with Crippen LogP contribution in [0, 0.1) is 5.82 Å². The lowest BCUT2D eigenvalue weighted by molar-refractivity contribution is -0.128. The van der Waals surface area contributed by atoms with Gasteiger partial charge in [0.2, 0.25) is 0 Å². The molecule has 0 saturated heterocycles. The molecule has 3 atom stereocenters. The highest BCUT2D eigenvalue weighted by atomic mass is 35.5. The third-order valence-corrected chi connectivity index (χ3v) is 8.74. The fourth-order valence-electron chi connectivity index (χ4n) is 4.63. The summed E-state index contributed by atoms with van der Waals surface area (Å²) >= 11 is 18.8. The zero-order chi connectivity index (χ0) is 28.3. The standard InChI is InChI=1S/C25H24Cl3FN4O5S/c1-32(2)21-9-15(16-7-17(26)10-18(27)8-16)3-4-22(21)38-23-12-20(29)24(11-19(23)28)39(35,36)33(37-14-34)25-5-6-30-13-31-25/h5-8,10-15,21-22H,3-4,9H2,1-2H3/t15-,21-,22-/m0/s1. The Morgan fingerprint density at radius 1 is 1.08 bits per heavy atom. The number of ether oxygens (including phenoxy) is 1. The van der Waals surface area contributed by atoms with Crippen molar-refractivity contribution in [1.82, 2.24) is 14.9 Å². The molecule has 208 valence electrons. The lowest BCUT2D eigenvalue weighted by Crippen LogP contribution is -2.46. The van der Waals surface area contributed by atoms with Crippen molar-refractivity contribution >= 4 is 57.1 Å². The minimum atomic E-state index is -4.74. The van der Waals surface area contributed by atoms with E-state index >= 15 is 4.39 Å². The van der Waals surface area contributed by atoms with E-state index in [0.29, 0.717) is 16.5 Å².